The lowest BCUT2D eigenvalue weighted by Gasteiger charge is -2.16. The molecule has 12 heteroatoms. The van der Waals surface area contributed by atoms with Crippen LogP contribution in [0.15, 0.2) is 54.6 Å². The summed E-state index contributed by atoms with van der Waals surface area (Å²) >= 11 is 1.94. The van der Waals surface area contributed by atoms with E-state index in [1.165, 1.54) is 36.4 Å². The van der Waals surface area contributed by atoms with Gasteiger partial charge < -0.3 is 15.8 Å². The Kier molecular flexibility index (Phi) is 8.28. The maximum absolute atomic E-state index is 14.4. The molecule has 5 N–H and O–H groups in total. The van der Waals surface area contributed by atoms with E-state index in [1.54, 1.807) is 6.07 Å². The second kappa shape index (κ2) is 11.0. The molecular formula is C22H21F2IN4O4S. The zero-order valence-electron chi connectivity index (χ0n) is 17.9. The largest absolute Gasteiger partial charge is 0.456 e. The maximum atomic E-state index is 14.4. The number of nitrogens with one attached hydrogen (secondary N) is 3. The first-order valence-corrected chi connectivity index (χ1v) is 12.5. The second-order valence-electron chi connectivity index (χ2n) is 7.07. The van der Waals surface area contributed by atoms with E-state index in [9.17, 15) is 22.0 Å². The number of hydrogen-bond donors (Lipinski definition) is 4. The number of anilines is 3. The summed E-state index contributed by atoms with van der Waals surface area (Å²) in [4.78, 5) is 12.2. The van der Waals surface area contributed by atoms with Crippen molar-refractivity contribution in [1.82, 2.24) is 4.72 Å². The summed E-state index contributed by atoms with van der Waals surface area (Å²) in [6, 6.07) is 12.1. The van der Waals surface area contributed by atoms with Gasteiger partial charge in [-0.2, -0.15) is 13.1 Å². The molecule has 0 heterocycles. The van der Waals surface area contributed by atoms with Crippen LogP contribution >= 0.6 is 22.6 Å². The van der Waals surface area contributed by atoms with Crippen LogP contribution < -0.4 is 25.2 Å². The summed E-state index contributed by atoms with van der Waals surface area (Å²) in [5.74, 6) is -2.44. The van der Waals surface area contributed by atoms with Crippen molar-refractivity contribution in [2.75, 3.05) is 16.6 Å². The fourth-order valence-electron chi connectivity index (χ4n) is 2.93. The molecule has 3 rings (SSSR count). The average molecular weight is 602 g/mol. The van der Waals surface area contributed by atoms with Gasteiger partial charge in [0.15, 0.2) is 0 Å². The summed E-state index contributed by atoms with van der Waals surface area (Å²) < 4.78 is 63.9. The SMILES string of the molecule is CCCNS(=O)(=O)Nc1cccc(Oc2cc(F)cc(Nc3ccc(I)cc3F)c2C(N)=O)c1. The van der Waals surface area contributed by atoms with E-state index in [0.29, 0.717) is 9.99 Å². The van der Waals surface area contributed by atoms with Crippen LogP contribution in [0.5, 0.6) is 11.5 Å². The monoisotopic (exact) mass is 602 g/mol. The van der Waals surface area contributed by atoms with Crippen LogP contribution in [-0.2, 0) is 10.2 Å². The molecule has 0 saturated carbocycles. The van der Waals surface area contributed by atoms with Gasteiger partial charge in [-0.15, -0.1) is 0 Å². The van der Waals surface area contributed by atoms with Crippen molar-refractivity contribution in [2.45, 2.75) is 13.3 Å². The zero-order valence-corrected chi connectivity index (χ0v) is 20.8. The van der Waals surface area contributed by atoms with E-state index in [-0.39, 0.29) is 40.7 Å². The normalized spacial score (nSPS) is 11.2. The van der Waals surface area contributed by atoms with Crippen molar-refractivity contribution >= 4 is 55.8 Å². The number of amides is 1. The van der Waals surface area contributed by atoms with Gasteiger partial charge >= 0.3 is 0 Å². The van der Waals surface area contributed by atoms with Crippen LogP contribution in [0.2, 0.25) is 0 Å². The molecule has 0 spiro atoms. The Hall–Kier alpha value is -2.97. The van der Waals surface area contributed by atoms with Crippen LogP contribution in [0, 0.1) is 15.2 Å². The van der Waals surface area contributed by atoms with Crippen molar-refractivity contribution in [3.63, 3.8) is 0 Å². The number of carbonyl (C=O) groups is 1. The minimum atomic E-state index is -3.80. The lowest BCUT2D eigenvalue weighted by Crippen LogP contribution is -2.30. The molecule has 3 aromatic carbocycles. The average Bonchev–Trinajstić information content (AvgIpc) is 2.73. The topological polar surface area (TPSA) is 123 Å². The summed E-state index contributed by atoms with van der Waals surface area (Å²) in [6.07, 6.45) is 0.613. The van der Waals surface area contributed by atoms with Gasteiger partial charge in [0, 0.05) is 22.2 Å². The Bertz CT molecular complexity index is 1320. The molecule has 0 unspecified atom stereocenters. The Labute approximate surface area is 209 Å². The first-order chi connectivity index (χ1) is 16.1. The van der Waals surface area contributed by atoms with Gasteiger partial charge in [-0.1, -0.05) is 13.0 Å². The van der Waals surface area contributed by atoms with Crippen molar-refractivity contribution < 1.29 is 26.7 Å². The summed E-state index contributed by atoms with van der Waals surface area (Å²) in [5.41, 5.74) is 5.40. The molecule has 0 fully saturated rings. The molecular weight excluding hydrogens is 581 g/mol. The van der Waals surface area contributed by atoms with Crippen molar-refractivity contribution in [2.24, 2.45) is 5.73 Å². The van der Waals surface area contributed by atoms with Gasteiger partial charge in [0.05, 0.1) is 17.1 Å². The molecule has 0 aliphatic heterocycles. The molecule has 34 heavy (non-hydrogen) atoms. The van der Waals surface area contributed by atoms with Gasteiger partial charge in [0.1, 0.15) is 28.7 Å². The second-order valence-corrected chi connectivity index (χ2v) is 9.81. The Morgan fingerprint density at radius 1 is 1.09 bits per heavy atom. The minimum absolute atomic E-state index is 0.00968. The van der Waals surface area contributed by atoms with E-state index in [0.717, 1.165) is 12.1 Å². The number of benzene rings is 3. The summed E-state index contributed by atoms with van der Waals surface area (Å²) in [7, 11) is -3.80. The molecule has 8 nitrogen and oxygen atoms in total. The van der Waals surface area contributed by atoms with Gasteiger partial charge in [0.25, 0.3) is 16.1 Å². The molecule has 0 saturated heterocycles. The molecule has 0 atom stereocenters. The van der Waals surface area contributed by atoms with E-state index >= 15 is 0 Å². The molecule has 0 aromatic heterocycles. The molecule has 0 aliphatic rings. The number of hydrogen-bond acceptors (Lipinski definition) is 5. The van der Waals surface area contributed by atoms with Crippen molar-refractivity contribution in [3.8, 4) is 11.5 Å². The maximum Gasteiger partial charge on any atom is 0.299 e. The number of primary amides is 1. The van der Waals surface area contributed by atoms with Crippen LogP contribution in [0.25, 0.3) is 0 Å². The van der Waals surface area contributed by atoms with Crippen LogP contribution in [0.1, 0.15) is 23.7 Å². The standard InChI is InChI=1S/C22H21F2IN4O4S/c1-2-8-27-34(31,32)29-15-4-3-5-16(12-15)33-20-10-13(23)9-19(21(20)22(26)30)28-18-7-6-14(25)11-17(18)24/h3-7,9-12,27-29H,2,8H2,1H3,(H2,26,30). The summed E-state index contributed by atoms with van der Waals surface area (Å²) in [5, 5.41) is 2.68. The van der Waals surface area contributed by atoms with Gasteiger partial charge in [-0.3, -0.25) is 9.52 Å². The first-order valence-electron chi connectivity index (χ1n) is 9.98. The quantitative estimate of drug-likeness (QED) is 0.247. The number of rotatable bonds is 10. The van der Waals surface area contributed by atoms with E-state index in [2.05, 4.69) is 14.8 Å². The molecule has 0 aliphatic carbocycles. The van der Waals surface area contributed by atoms with Crippen molar-refractivity contribution in [3.05, 3.63) is 75.4 Å². The first kappa shape index (κ1) is 25.6. The Balaban J connectivity index is 1.94. The smallest absolute Gasteiger partial charge is 0.299 e. The van der Waals surface area contributed by atoms with Crippen LogP contribution in [0.4, 0.5) is 25.8 Å². The fourth-order valence-corrected chi connectivity index (χ4v) is 4.36. The van der Waals surface area contributed by atoms with E-state index in [1.807, 2.05) is 29.5 Å². The number of ether oxygens (including phenoxy) is 1. The van der Waals surface area contributed by atoms with Crippen LogP contribution in [0.3, 0.4) is 0 Å². The molecule has 0 radical (unpaired) electrons. The fraction of sp³-hybridized carbons (Fsp3) is 0.136. The van der Waals surface area contributed by atoms with E-state index in [4.69, 9.17) is 10.5 Å². The molecule has 0 bridgehead atoms. The highest BCUT2D eigenvalue weighted by Gasteiger charge is 2.20. The zero-order chi connectivity index (χ0) is 24.9. The lowest BCUT2D eigenvalue weighted by atomic mass is 10.1. The summed E-state index contributed by atoms with van der Waals surface area (Å²) in [6.45, 7) is 2.08. The van der Waals surface area contributed by atoms with Crippen molar-refractivity contribution in [1.29, 1.82) is 0 Å². The molecule has 1 amide bonds. The highest BCUT2D eigenvalue weighted by molar-refractivity contribution is 14.1. The molecule has 3 aromatic rings. The number of carbonyl (C=O) groups excluding carboxylic acids is 1. The third-order valence-corrected chi connectivity index (χ3v) is 6.13. The Morgan fingerprint density at radius 3 is 2.53 bits per heavy atom. The Morgan fingerprint density at radius 2 is 1.85 bits per heavy atom. The van der Waals surface area contributed by atoms with Gasteiger partial charge in [-0.05, 0) is 65.4 Å². The number of nitrogens with two attached hydrogens (primary N) is 1. The van der Waals surface area contributed by atoms with Gasteiger partial charge in [-0.25, -0.2) is 8.78 Å². The lowest BCUT2D eigenvalue weighted by molar-refractivity contribution is 0.0999. The molecule has 180 valence electrons. The van der Waals surface area contributed by atoms with Gasteiger partial charge in [0.2, 0.25) is 0 Å². The third-order valence-electron chi connectivity index (χ3n) is 4.37. The predicted octanol–water partition coefficient (Wildman–Crippen LogP) is 4.86. The third kappa shape index (κ3) is 6.77. The predicted molar refractivity (Wildman–Crippen MR) is 135 cm³/mol. The van der Waals surface area contributed by atoms with Crippen LogP contribution in [-0.4, -0.2) is 20.9 Å². The number of halogens is 3. The minimum Gasteiger partial charge on any atom is -0.456 e. The highest BCUT2D eigenvalue weighted by Crippen LogP contribution is 2.35. The highest BCUT2D eigenvalue weighted by atomic mass is 127. The van der Waals surface area contributed by atoms with E-state index < -0.39 is 27.8 Å².